The van der Waals surface area contributed by atoms with E-state index in [0.29, 0.717) is 6.04 Å². The maximum Gasteiger partial charge on any atom is 0.122 e. The topological polar surface area (TPSA) is 24.5 Å². The lowest BCUT2D eigenvalue weighted by molar-refractivity contribution is 0.180. The number of fused-ring (bicyclic) bond motifs is 2. The summed E-state index contributed by atoms with van der Waals surface area (Å²) in [5.74, 6) is 1.09. The standard InChI is InChI=1S/C17H24N2O/c1-2-8-19-9-6-15(16(19)3-1)18-12-13-4-5-17-14(11-13)7-10-20-17/h4-5,11,15-16,18H,1-3,6-10,12H2. The lowest BCUT2D eigenvalue weighted by Gasteiger charge is -2.32. The Balaban J connectivity index is 1.38. The molecule has 0 spiro atoms. The van der Waals surface area contributed by atoms with Crippen molar-refractivity contribution in [3.05, 3.63) is 29.3 Å². The van der Waals surface area contributed by atoms with Crippen LogP contribution in [0, 0.1) is 0 Å². The Hall–Kier alpha value is -1.06. The summed E-state index contributed by atoms with van der Waals surface area (Å²) in [6.07, 6.45) is 6.58. The van der Waals surface area contributed by atoms with E-state index < -0.39 is 0 Å². The maximum atomic E-state index is 5.57. The fourth-order valence-corrected chi connectivity index (χ4v) is 4.08. The van der Waals surface area contributed by atoms with E-state index in [9.17, 15) is 0 Å². The Kier molecular flexibility index (Phi) is 3.41. The first-order valence-corrected chi connectivity index (χ1v) is 8.12. The molecule has 2 fully saturated rings. The minimum Gasteiger partial charge on any atom is -0.493 e. The van der Waals surface area contributed by atoms with E-state index in [0.717, 1.165) is 31.4 Å². The van der Waals surface area contributed by atoms with Crippen molar-refractivity contribution in [3.8, 4) is 5.75 Å². The molecule has 2 saturated heterocycles. The molecule has 20 heavy (non-hydrogen) atoms. The molecule has 108 valence electrons. The molecule has 3 heteroatoms. The maximum absolute atomic E-state index is 5.57. The molecule has 0 saturated carbocycles. The molecule has 4 rings (SSSR count). The summed E-state index contributed by atoms with van der Waals surface area (Å²) in [7, 11) is 0. The molecule has 0 aromatic heterocycles. The minimum absolute atomic E-state index is 0.694. The number of ether oxygens (including phenoxy) is 1. The van der Waals surface area contributed by atoms with Crippen molar-refractivity contribution in [2.75, 3.05) is 19.7 Å². The molecule has 0 radical (unpaired) electrons. The molecule has 1 aromatic carbocycles. The first-order valence-electron chi connectivity index (χ1n) is 8.12. The van der Waals surface area contributed by atoms with E-state index in [1.807, 2.05) is 0 Å². The molecule has 1 aromatic rings. The van der Waals surface area contributed by atoms with Gasteiger partial charge in [0.2, 0.25) is 0 Å². The van der Waals surface area contributed by atoms with Gasteiger partial charge in [-0.05, 0) is 43.0 Å². The zero-order chi connectivity index (χ0) is 13.4. The normalized spacial score (nSPS) is 29.0. The number of piperidine rings is 1. The third-order valence-corrected chi connectivity index (χ3v) is 5.18. The van der Waals surface area contributed by atoms with Gasteiger partial charge in [0.25, 0.3) is 0 Å². The summed E-state index contributed by atoms with van der Waals surface area (Å²) < 4.78 is 5.57. The van der Waals surface area contributed by atoms with Crippen molar-refractivity contribution in [2.45, 2.75) is 50.7 Å². The van der Waals surface area contributed by atoms with Crippen LogP contribution in [0.3, 0.4) is 0 Å². The lowest BCUT2D eigenvalue weighted by atomic mass is 9.99. The second kappa shape index (κ2) is 5.38. The van der Waals surface area contributed by atoms with Crippen molar-refractivity contribution < 1.29 is 4.74 Å². The van der Waals surface area contributed by atoms with Gasteiger partial charge in [0.1, 0.15) is 5.75 Å². The van der Waals surface area contributed by atoms with Gasteiger partial charge in [-0.15, -0.1) is 0 Å². The van der Waals surface area contributed by atoms with Crippen LogP contribution < -0.4 is 10.1 Å². The van der Waals surface area contributed by atoms with Crippen LogP contribution in [-0.2, 0) is 13.0 Å². The first kappa shape index (κ1) is 12.7. The summed E-state index contributed by atoms with van der Waals surface area (Å²) in [6, 6.07) is 8.16. The van der Waals surface area contributed by atoms with Gasteiger partial charge in [0.15, 0.2) is 0 Å². The molecule has 2 atom stereocenters. The van der Waals surface area contributed by atoms with E-state index in [4.69, 9.17) is 4.74 Å². The van der Waals surface area contributed by atoms with Crippen LogP contribution in [0.4, 0.5) is 0 Å². The van der Waals surface area contributed by atoms with Gasteiger partial charge in [-0.25, -0.2) is 0 Å². The van der Waals surface area contributed by atoms with E-state index in [1.54, 1.807) is 0 Å². The van der Waals surface area contributed by atoms with Gasteiger partial charge in [-0.1, -0.05) is 18.6 Å². The second-order valence-electron chi connectivity index (χ2n) is 6.42. The third kappa shape index (κ3) is 2.33. The van der Waals surface area contributed by atoms with Gasteiger partial charge in [0, 0.05) is 31.6 Å². The molecule has 3 aliphatic rings. The Morgan fingerprint density at radius 2 is 2.20 bits per heavy atom. The van der Waals surface area contributed by atoms with Crippen molar-refractivity contribution in [1.29, 1.82) is 0 Å². The SMILES string of the molecule is c1cc2c(cc1CNC1CCN3CCCCC13)CCO2. The van der Waals surface area contributed by atoms with E-state index >= 15 is 0 Å². The molecule has 3 nitrogen and oxygen atoms in total. The van der Waals surface area contributed by atoms with Crippen LogP contribution in [0.5, 0.6) is 5.75 Å². The Morgan fingerprint density at radius 1 is 1.20 bits per heavy atom. The van der Waals surface area contributed by atoms with Crippen LogP contribution in [0.25, 0.3) is 0 Å². The van der Waals surface area contributed by atoms with Gasteiger partial charge in [-0.3, -0.25) is 4.90 Å². The van der Waals surface area contributed by atoms with Crippen LogP contribution in [0.15, 0.2) is 18.2 Å². The molecule has 3 aliphatic heterocycles. The fraction of sp³-hybridized carbons (Fsp3) is 0.647. The van der Waals surface area contributed by atoms with Gasteiger partial charge in [0.05, 0.1) is 6.61 Å². The quantitative estimate of drug-likeness (QED) is 0.914. The molecular weight excluding hydrogens is 248 g/mol. The molecule has 0 aliphatic carbocycles. The van der Waals surface area contributed by atoms with Gasteiger partial charge in [-0.2, -0.15) is 0 Å². The largest absolute Gasteiger partial charge is 0.493 e. The number of rotatable bonds is 3. The molecule has 0 bridgehead atoms. The Bertz CT molecular complexity index is 488. The monoisotopic (exact) mass is 272 g/mol. The summed E-state index contributed by atoms with van der Waals surface area (Å²) in [5, 5.41) is 3.81. The summed E-state index contributed by atoms with van der Waals surface area (Å²) in [4.78, 5) is 2.69. The smallest absolute Gasteiger partial charge is 0.122 e. The van der Waals surface area contributed by atoms with Crippen molar-refractivity contribution in [2.24, 2.45) is 0 Å². The molecule has 2 unspecified atom stereocenters. The first-order chi connectivity index (χ1) is 9.90. The van der Waals surface area contributed by atoms with Gasteiger partial charge >= 0.3 is 0 Å². The van der Waals surface area contributed by atoms with Crippen LogP contribution in [-0.4, -0.2) is 36.7 Å². The number of nitrogens with zero attached hydrogens (tertiary/aromatic N) is 1. The lowest BCUT2D eigenvalue weighted by Crippen LogP contribution is -2.44. The van der Waals surface area contributed by atoms with E-state index in [2.05, 4.69) is 28.4 Å². The average molecular weight is 272 g/mol. The van der Waals surface area contributed by atoms with E-state index in [-0.39, 0.29) is 0 Å². The minimum atomic E-state index is 0.694. The zero-order valence-electron chi connectivity index (χ0n) is 12.1. The highest BCUT2D eigenvalue weighted by Crippen LogP contribution is 2.28. The highest BCUT2D eigenvalue weighted by molar-refractivity contribution is 5.39. The van der Waals surface area contributed by atoms with Crippen molar-refractivity contribution >= 4 is 0 Å². The zero-order valence-corrected chi connectivity index (χ0v) is 12.1. The van der Waals surface area contributed by atoms with Crippen LogP contribution >= 0.6 is 0 Å². The predicted octanol–water partition coefficient (Wildman–Crippen LogP) is 2.34. The Labute approximate surface area is 121 Å². The molecule has 0 amide bonds. The number of hydrogen-bond acceptors (Lipinski definition) is 3. The van der Waals surface area contributed by atoms with Crippen molar-refractivity contribution in [1.82, 2.24) is 10.2 Å². The predicted molar refractivity (Wildman–Crippen MR) is 80.1 cm³/mol. The molecule has 1 N–H and O–H groups in total. The fourth-order valence-electron chi connectivity index (χ4n) is 4.08. The van der Waals surface area contributed by atoms with Crippen molar-refractivity contribution in [3.63, 3.8) is 0 Å². The van der Waals surface area contributed by atoms with Crippen LogP contribution in [0.2, 0.25) is 0 Å². The van der Waals surface area contributed by atoms with Crippen LogP contribution in [0.1, 0.15) is 36.8 Å². The average Bonchev–Trinajstić information content (AvgIpc) is 3.11. The third-order valence-electron chi connectivity index (χ3n) is 5.18. The summed E-state index contributed by atoms with van der Waals surface area (Å²) in [5.41, 5.74) is 2.79. The number of hydrogen-bond donors (Lipinski definition) is 1. The molecular formula is C17H24N2O. The summed E-state index contributed by atoms with van der Waals surface area (Å²) in [6.45, 7) is 4.47. The van der Waals surface area contributed by atoms with E-state index in [1.165, 1.54) is 49.9 Å². The number of nitrogens with one attached hydrogen (secondary N) is 1. The molecule has 3 heterocycles. The number of benzene rings is 1. The van der Waals surface area contributed by atoms with Gasteiger partial charge < -0.3 is 10.1 Å². The Morgan fingerprint density at radius 3 is 3.20 bits per heavy atom. The second-order valence-corrected chi connectivity index (χ2v) is 6.42. The highest BCUT2D eigenvalue weighted by Gasteiger charge is 2.34. The summed E-state index contributed by atoms with van der Waals surface area (Å²) >= 11 is 0. The highest BCUT2D eigenvalue weighted by atomic mass is 16.5.